The van der Waals surface area contributed by atoms with Gasteiger partial charge in [-0.15, -0.1) is 11.3 Å². The number of fused-ring (bicyclic) bond motifs is 1. The summed E-state index contributed by atoms with van der Waals surface area (Å²) in [5, 5.41) is 4.24. The number of thiophene rings is 1. The van der Waals surface area contributed by atoms with Gasteiger partial charge in [-0.25, -0.2) is 0 Å². The van der Waals surface area contributed by atoms with Crippen molar-refractivity contribution in [3.63, 3.8) is 0 Å². The van der Waals surface area contributed by atoms with Gasteiger partial charge in [-0.3, -0.25) is 9.59 Å². The lowest BCUT2D eigenvalue weighted by molar-refractivity contribution is -0.136. The number of amides is 2. The second kappa shape index (κ2) is 7.06. The number of hydrogen-bond acceptors (Lipinski definition) is 3. The van der Waals surface area contributed by atoms with Gasteiger partial charge in [0.2, 0.25) is 11.8 Å². The molecule has 0 aliphatic carbocycles. The van der Waals surface area contributed by atoms with E-state index in [1.165, 1.54) is 4.88 Å². The van der Waals surface area contributed by atoms with Crippen LogP contribution in [0, 0.1) is 5.92 Å². The smallest absolute Gasteiger partial charge is 0.228 e. The minimum Gasteiger partial charge on any atom is -0.335 e. The molecule has 2 aromatic carbocycles. The van der Waals surface area contributed by atoms with Gasteiger partial charge < -0.3 is 9.80 Å². The number of carbonyl (C=O) groups is 2. The summed E-state index contributed by atoms with van der Waals surface area (Å²) in [6, 6.07) is 18.4. The second-order valence-corrected chi connectivity index (χ2v) is 8.59. The summed E-state index contributed by atoms with van der Waals surface area (Å²) in [5.41, 5.74) is 0.912. The van der Waals surface area contributed by atoms with Crippen LogP contribution in [0.4, 0.5) is 5.69 Å². The van der Waals surface area contributed by atoms with E-state index in [1.54, 1.807) is 16.2 Å². The maximum absolute atomic E-state index is 13.3. The fraction of sp³-hybridized carbons (Fsp3) is 0.304. The zero-order valence-electron chi connectivity index (χ0n) is 15.6. The number of hydrogen-bond donors (Lipinski definition) is 0. The van der Waals surface area contributed by atoms with Crippen LogP contribution in [0.25, 0.3) is 10.8 Å². The van der Waals surface area contributed by atoms with Crippen LogP contribution in [-0.4, -0.2) is 29.8 Å². The van der Waals surface area contributed by atoms with Crippen LogP contribution in [0.15, 0.2) is 60.0 Å². The van der Waals surface area contributed by atoms with Crippen LogP contribution in [0.3, 0.4) is 0 Å². The molecule has 0 saturated carbocycles. The first-order valence-corrected chi connectivity index (χ1v) is 10.7. The molecule has 5 heteroatoms. The Kier molecular flexibility index (Phi) is 4.40. The van der Waals surface area contributed by atoms with Crippen molar-refractivity contribution in [3.05, 3.63) is 64.9 Å². The topological polar surface area (TPSA) is 40.6 Å². The van der Waals surface area contributed by atoms with Gasteiger partial charge in [0.05, 0.1) is 17.6 Å². The van der Waals surface area contributed by atoms with Gasteiger partial charge in [0.25, 0.3) is 0 Å². The van der Waals surface area contributed by atoms with Crippen LogP contribution in [-0.2, 0) is 9.59 Å². The predicted octanol–water partition coefficient (Wildman–Crippen LogP) is 4.62. The zero-order chi connectivity index (χ0) is 19.1. The van der Waals surface area contributed by atoms with Crippen LogP contribution in [0.2, 0.25) is 0 Å². The lowest BCUT2D eigenvalue weighted by atomic mass is 10.1. The highest BCUT2D eigenvalue weighted by molar-refractivity contribution is 7.10. The summed E-state index contributed by atoms with van der Waals surface area (Å²) in [5.74, 6) is -0.0828. The standard InChI is InChI=1S/C23H22N2O2S/c26-22-14-17(23(27)24-12-4-10-20(24)21-11-5-13-28-21)15-25(22)19-9-3-7-16-6-1-2-8-18(16)19/h1-3,5-9,11,13,17,20H,4,10,12,14-15H2/t17-,20-/m0/s1. The molecule has 2 amide bonds. The third-order valence-electron chi connectivity index (χ3n) is 5.94. The lowest BCUT2D eigenvalue weighted by Gasteiger charge is -2.27. The Morgan fingerprint density at radius 2 is 1.89 bits per heavy atom. The van der Waals surface area contributed by atoms with Gasteiger partial charge >= 0.3 is 0 Å². The number of rotatable bonds is 3. The molecule has 5 rings (SSSR count). The summed E-state index contributed by atoms with van der Waals surface area (Å²) in [7, 11) is 0. The lowest BCUT2D eigenvalue weighted by Crippen LogP contribution is -2.36. The molecule has 0 unspecified atom stereocenters. The number of anilines is 1. The summed E-state index contributed by atoms with van der Waals surface area (Å²) >= 11 is 1.71. The first kappa shape index (κ1) is 17.4. The van der Waals surface area contributed by atoms with Crippen molar-refractivity contribution in [1.82, 2.24) is 4.90 Å². The molecule has 0 bridgehead atoms. The van der Waals surface area contributed by atoms with Crippen molar-refractivity contribution in [2.75, 3.05) is 18.0 Å². The Morgan fingerprint density at radius 1 is 1.04 bits per heavy atom. The highest BCUT2D eigenvalue weighted by Gasteiger charge is 2.41. The molecule has 2 saturated heterocycles. The number of likely N-dealkylation sites (tertiary alicyclic amines) is 1. The Labute approximate surface area is 168 Å². The maximum atomic E-state index is 13.3. The van der Waals surface area contributed by atoms with Crippen molar-refractivity contribution >= 4 is 39.6 Å². The first-order chi connectivity index (χ1) is 13.7. The van der Waals surface area contributed by atoms with E-state index in [9.17, 15) is 9.59 Å². The maximum Gasteiger partial charge on any atom is 0.228 e. The SMILES string of the molecule is O=C1C[C@H](C(=O)N2CCC[C@H]2c2cccs2)CN1c1cccc2ccccc12. The molecule has 2 fully saturated rings. The molecule has 28 heavy (non-hydrogen) atoms. The van der Waals surface area contributed by atoms with Crippen molar-refractivity contribution in [1.29, 1.82) is 0 Å². The van der Waals surface area contributed by atoms with E-state index in [0.717, 1.165) is 35.8 Å². The summed E-state index contributed by atoms with van der Waals surface area (Å²) in [6.45, 7) is 1.26. The van der Waals surface area contributed by atoms with E-state index in [4.69, 9.17) is 0 Å². The monoisotopic (exact) mass is 390 g/mol. The summed E-state index contributed by atoms with van der Waals surface area (Å²) < 4.78 is 0. The van der Waals surface area contributed by atoms with Gasteiger partial charge in [-0.05, 0) is 35.7 Å². The third-order valence-corrected chi connectivity index (χ3v) is 6.91. The number of carbonyl (C=O) groups excluding carboxylic acids is 2. The van der Waals surface area contributed by atoms with Crippen molar-refractivity contribution in [2.45, 2.75) is 25.3 Å². The normalized spacial score (nSPS) is 22.4. The second-order valence-electron chi connectivity index (χ2n) is 7.61. The van der Waals surface area contributed by atoms with Crippen LogP contribution in [0.5, 0.6) is 0 Å². The average Bonchev–Trinajstić information content (AvgIpc) is 3.47. The number of benzene rings is 2. The highest BCUT2D eigenvalue weighted by Crippen LogP contribution is 2.38. The van der Waals surface area contributed by atoms with E-state index in [2.05, 4.69) is 23.6 Å². The fourth-order valence-corrected chi connectivity index (χ4v) is 5.46. The average molecular weight is 391 g/mol. The molecule has 2 aliphatic rings. The van der Waals surface area contributed by atoms with E-state index < -0.39 is 0 Å². The van der Waals surface area contributed by atoms with Crippen molar-refractivity contribution in [3.8, 4) is 0 Å². The molecular formula is C23H22N2O2S. The number of nitrogens with zero attached hydrogens (tertiary/aromatic N) is 2. The Morgan fingerprint density at radius 3 is 2.75 bits per heavy atom. The van der Waals surface area contributed by atoms with Gasteiger partial charge in [0.1, 0.15) is 0 Å². The molecule has 4 nitrogen and oxygen atoms in total. The molecule has 142 valence electrons. The van der Waals surface area contributed by atoms with Crippen LogP contribution >= 0.6 is 11.3 Å². The first-order valence-electron chi connectivity index (χ1n) is 9.84. The van der Waals surface area contributed by atoms with Gasteiger partial charge in [-0.1, -0.05) is 42.5 Å². The van der Waals surface area contributed by atoms with Crippen molar-refractivity contribution in [2.24, 2.45) is 5.92 Å². The molecule has 2 atom stereocenters. The van der Waals surface area contributed by atoms with Gasteiger partial charge in [0, 0.05) is 29.8 Å². The minimum absolute atomic E-state index is 0.0431. The molecule has 0 spiro atoms. The van der Waals surface area contributed by atoms with Crippen molar-refractivity contribution < 1.29 is 9.59 Å². The highest BCUT2D eigenvalue weighted by atomic mass is 32.1. The van der Waals surface area contributed by atoms with Crippen LogP contribution < -0.4 is 4.90 Å². The Balaban J connectivity index is 1.40. The van der Waals surface area contributed by atoms with E-state index >= 15 is 0 Å². The Bertz CT molecular complexity index is 1020. The molecule has 0 radical (unpaired) electrons. The zero-order valence-corrected chi connectivity index (χ0v) is 16.4. The Hall–Kier alpha value is -2.66. The van der Waals surface area contributed by atoms with Crippen LogP contribution in [0.1, 0.15) is 30.2 Å². The third kappa shape index (κ3) is 2.90. The quantitative estimate of drug-likeness (QED) is 0.655. The predicted molar refractivity (Wildman–Crippen MR) is 112 cm³/mol. The molecule has 3 heterocycles. The fourth-order valence-electron chi connectivity index (χ4n) is 4.59. The molecular weight excluding hydrogens is 368 g/mol. The summed E-state index contributed by atoms with van der Waals surface area (Å²) in [4.78, 5) is 31.2. The van der Waals surface area contributed by atoms with E-state index in [1.807, 2.05) is 41.3 Å². The van der Waals surface area contributed by atoms with E-state index in [-0.39, 0.29) is 23.8 Å². The summed E-state index contributed by atoms with van der Waals surface area (Å²) in [6.07, 6.45) is 2.34. The van der Waals surface area contributed by atoms with E-state index in [0.29, 0.717) is 13.0 Å². The van der Waals surface area contributed by atoms with Gasteiger partial charge in [-0.2, -0.15) is 0 Å². The molecule has 1 aromatic heterocycles. The molecule has 2 aliphatic heterocycles. The largest absolute Gasteiger partial charge is 0.335 e. The molecule has 0 N–H and O–H groups in total. The van der Waals surface area contributed by atoms with Gasteiger partial charge in [0.15, 0.2) is 0 Å². The minimum atomic E-state index is -0.257. The molecule has 3 aromatic rings.